The van der Waals surface area contributed by atoms with Crippen molar-refractivity contribution in [2.45, 2.75) is 12.5 Å². The van der Waals surface area contributed by atoms with Gasteiger partial charge in [-0.1, -0.05) is 121 Å². The maximum Gasteiger partial charge on any atom is 3.00 e. The van der Waals surface area contributed by atoms with E-state index in [1.54, 1.807) is 0 Å². The minimum atomic E-state index is 0. The normalized spacial score (nSPS) is 11.4. The molecule has 1 radical (unpaired) electrons. The third-order valence-corrected chi connectivity index (χ3v) is 6.40. The van der Waals surface area contributed by atoms with Gasteiger partial charge in [-0.3, -0.25) is 0 Å². The van der Waals surface area contributed by atoms with Gasteiger partial charge in [0.15, 0.2) is 0 Å². The predicted molar refractivity (Wildman–Crippen MR) is 130 cm³/mol. The van der Waals surface area contributed by atoms with Crippen molar-refractivity contribution >= 4 is 16.5 Å². The van der Waals surface area contributed by atoms with Crippen LogP contribution in [-0.2, 0) is 28.3 Å². The third kappa shape index (κ3) is 4.54. The van der Waals surface area contributed by atoms with E-state index in [0.717, 1.165) is 5.69 Å². The summed E-state index contributed by atoms with van der Waals surface area (Å²) >= 11 is 0. The molecule has 0 unspecified atom stereocenters. The topological polar surface area (TPSA) is 14.1 Å². The number of halogens is 2. The number of para-hydroxylation sites is 1. The Morgan fingerprint density at radius 1 is 0.529 bits per heavy atom. The van der Waals surface area contributed by atoms with E-state index in [4.69, 9.17) is 5.32 Å². The van der Waals surface area contributed by atoms with E-state index in [2.05, 4.69) is 97.1 Å². The van der Waals surface area contributed by atoms with Gasteiger partial charge in [0, 0.05) is 5.92 Å². The van der Waals surface area contributed by atoms with Crippen LogP contribution in [0.2, 0.25) is 0 Å². The number of fused-ring (bicyclic) bond motifs is 4. The number of nitrogens with zero attached hydrogens (tertiary/aromatic N) is 1. The van der Waals surface area contributed by atoms with Crippen LogP contribution in [0.3, 0.4) is 0 Å². The molecule has 34 heavy (non-hydrogen) atoms. The van der Waals surface area contributed by atoms with Crippen molar-refractivity contribution in [2.24, 2.45) is 0 Å². The molecule has 165 valence electrons. The molecule has 6 rings (SSSR count). The fraction of sp³-hybridized carbons (Fsp3) is 0.0667. The molecule has 0 atom stereocenters. The molecule has 0 saturated heterocycles. The van der Waals surface area contributed by atoms with Crippen LogP contribution in [0.5, 0.6) is 0 Å². The fourth-order valence-electron chi connectivity index (χ4n) is 4.99. The van der Waals surface area contributed by atoms with Crippen LogP contribution in [0.4, 0.5) is 5.69 Å². The van der Waals surface area contributed by atoms with E-state index < -0.39 is 0 Å². The summed E-state index contributed by atoms with van der Waals surface area (Å²) < 4.78 is 0. The summed E-state index contributed by atoms with van der Waals surface area (Å²) in [5, 5.41) is 7.53. The Balaban J connectivity index is 0.00000108. The Morgan fingerprint density at radius 3 is 1.76 bits per heavy atom. The summed E-state index contributed by atoms with van der Waals surface area (Å²) in [6, 6.07) is 41.2. The van der Waals surface area contributed by atoms with Gasteiger partial charge in [-0.2, -0.15) is 0 Å². The van der Waals surface area contributed by atoms with Gasteiger partial charge >= 0.3 is 21.7 Å². The average Bonchev–Trinajstić information content (AvgIpc) is 3.17. The van der Waals surface area contributed by atoms with Crippen LogP contribution >= 0.6 is 0 Å². The molecule has 0 fully saturated rings. The van der Waals surface area contributed by atoms with Gasteiger partial charge in [0.1, 0.15) is 0 Å². The first-order valence-electron chi connectivity index (χ1n) is 10.8. The Kier molecular flexibility index (Phi) is 8.63. The zero-order valence-electron chi connectivity index (χ0n) is 18.5. The van der Waals surface area contributed by atoms with Crippen molar-refractivity contribution < 1.29 is 46.5 Å². The van der Waals surface area contributed by atoms with Crippen LogP contribution in [0.15, 0.2) is 115 Å². The fourth-order valence-corrected chi connectivity index (χ4v) is 4.99. The van der Waals surface area contributed by atoms with E-state index in [9.17, 15) is 0 Å². The van der Waals surface area contributed by atoms with E-state index in [0.29, 0.717) is 6.54 Å². The first kappa shape index (κ1) is 26.1. The SMILES string of the molecule is [Cl-].[Cl-].[Ti+3].c1ccc([N-]Cc2c(C3c4ccccc4-c4ccccc43)ccc3ccccc23)cc1. The van der Waals surface area contributed by atoms with Crippen molar-refractivity contribution in [3.8, 4) is 11.1 Å². The standard InChI is InChI=1S/C30H22N.2ClH.Ti/c1-2-11-22(12-3-1)31-20-29-23-13-5-4-10-21(23)18-19-28(29)30-26-16-8-6-14-24(26)25-15-7-9-17-27(25)30;;;/h1-19,30H,20H2;2*1H;/q-1;;;+3/p-2. The second-order valence-corrected chi connectivity index (χ2v) is 8.11. The van der Waals surface area contributed by atoms with Crippen LogP contribution in [-0.4, -0.2) is 0 Å². The van der Waals surface area contributed by atoms with Gasteiger partial charge in [0.25, 0.3) is 0 Å². The van der Waals surface area contributed by atoms with Crippen molar-refractivity contribution in [1.29, 1.82) is 0 Å². The minimum absolute atomic E-state index is 0. The third-order valence-electron chi connectivity index (χ3n) is 6.40. The quantitative estimate of drug-likeness (QED) is 0.320. The van der Waals surface area contributed by atoms with Gasteiger partial charge in [0.05, 0.1) is 0 Å². The molecule has 5 aromatic carbocycles. The first-order chi connectivity index (χ1) is 15.4. The maximum atomic E-state index is 4.97. The zero-order valence-corrected chi connectivity index (χ0v) is 21.5. The molecule has 1 nitrogen and oxygen atoms in total. The van der Waals surface area contributed by atoms with Gasteiger partial charge in [0.2, 0.25) is 0 Å². The van der Waals surface area contributed by atoms with Gasteiger partial charge < -0.3 is 30.1 Å². The summed E-state index contributed by atoms with van der Waals surface area (Å²) in [6.07, 6.45) is 0. The van der Waals surface area contributed by atoms with Crippen LogP contribution in [0.25, 0.3) is 27.2 Å². The van der Waals surface area contributed by atoms with Crippen molar-refractivity contribution in [3.63, 3.8) is 0 Å². The van der Waals surface area contributed by atoms with Crippen LogP contribution < -0.4 is 24.8 Å². The van der Waals surface area contributed by atoms with E-state index in [-0.39, 0.29) is 52.4 Å². The molecule has 0 amide bonds. The largest absolute Gasteiger partial charge is 3.00 e. The molecule has 0 aliphatic heterocycles. The molecular formula is C30H22Cl2NTi. The van der Waals surface area contributed by atoms with Crippen molar-refractivity contribution in [1.82, 2.24) is 0 Å². The number of rotatable bonds is 4. The molecule has 0 saturated carbocycles. The molecule has 1 aliphatic rings. The molecule has 0 N–H and O–H groups in total. The summed E-state index contributed by atoms with van der Waals surface area (Å²) in [5.41, 5.74) is 9.17. The summed E-state index contributed by atoms with van der Waals surface area (Å²) in [5.74, 6) is 0.234. The smallest absolute Gasteiger partial charge is 1.00 e. The Morgan fingerprint density at radius 2 is 1.09 bits per heavy atom. The first-order valence-corrected chi connectivity index (χ1v) is 10.8. The maximum absolute atomic E-state index is 4.97. The number of benzene rings is 5. The molecule has 0 bridgehead atoms. The van der Waals surface area contributed by atoms with Crippen LogP contribution in [0, 0.1) is 0 Å². The molecule has 0 spiro atoms. The molecule has 5 aromatic rings. The van der Waals surface area contributed by atoms with E-state index in [1.165, 1.54) is 44.2 Å². The Labute approximate surface area is 228 Å². The average molecular weight is 515 g/mol. The van der Waals surface area contributed by atoms with Gasteiger partial charge in [-0.05, 0) is 38.6 Å². The summed E-state index contributed by atoms with van der Waals surface area (Å²) in [7, 11) is 0. The summed E-state index contributed by atoms with van der Waals surface area (Å²) in [4.78, 5) is 0. The Bertz CT molecular complexity index is 1360. The minimum Gasteiger partial charge on any atom is -1.00 e. The van der Waals surface area contributed by atoms with Gasteiger partial charge in [-0.15, -0.1) is 12.2 Å². The van der Waals surface area contributed by atoms with Crippen molar-refractivity contribution in [3.05, 3.63) is 143 Å². The molecule has 0 heterocycles. The van der Waals surface area contributed by atoms with Gasteiger partial charge in [-0.25, -0.2) is 0 Å². The summed E-state index contributed by atoms with van der Waals surface area (Å²) in [6.45, 7) is 0.668. The van der Waals surface area contributed by atoms with E-state index >= 15 is 0 Å². The van der Waals surface area contributed by atoms with Crippen LogP contribution in [0.1, 0.15) is 28.2 Å². The second kappa shape index (κ2) is 11.3. The molecule has 1 aliphatic carbocycles. The van der Waals surface area contributed by atoms with Crippen molar-refractivity contribution in [2.75, 3.05) is 0 Å². The zero-order chi connectivity index (χ0) is 20.6. The predicted octanol–water partition coefficient (Wildman–Crippen LogP) is 2.21. The molecule has 4 heteroatoms. The van der Waals surface area contributed by atoms with E-state index in [1.807, 2.05) is 18.2 Å². The molecule has 0 aromatic heterocycles. The molecular weight excluding hydrogens is 493 g/mol. The Hall–Kier alpha value is -2.55. The monoisotopic (exact) mass is 514 g/mol. The second-order valence-electron chi connectivity index (χ2n) is 8.11. The number of hydrogen-bond acceptors (Lipinski definition) is 0. The number of hydrogen-bond donors (Lipinski definition) is 0.